The van der Waals surface area contributed by atoms with Gasteiger partial charge in [-0.05, 0) is 31.6 Å². The molecule has 0 bridgehead atoms. The van der Waals surface area contributed by atoms with E-state index < -0.39 is 16.0 Å². The Morgan fingerprint density at radius 1 is 1.11 bits per heavy atom. The summed E-state index contributed by atoms with van der Waals surface area (Å²) >= 11 is 0. The molecular formula is C12H21NO4S. The van der Waals surface area contributed by atoms with Crippen molar-refractivity contribution in [3.05, 3.63) is 0 Å². The molecule has 0 amide bonds. The van der Waals surface area contributed by atoms with E-state index in [2.05, 4.69) is 4.72 Å². The van der Waals surface area contributed by atoms with Crippen molar-refractivity contribution in [2.24, 2.45) is 11.8 Å². The number of hydrogen-bond acceptors (Lipinski definition) is 3. The fourth-order valence-electron chi connectivity index (χ4n) is 3.15. The second-order valence-corrected chi connectivity index (χ2v) is 7.48. The van der Waals surface area contributed by atoms with Gasteiger partial charge in [0.15, 0.2) is 0 Å². The maximum Gasteiger partial charge on any atom is 0.306 e. The Hall–Kier alpha value is -0.620. The summed E-state index contributed by atoms with van der Waals surface area (Å²) in [4.78, 5) is 11.0. The van der Waals surface area contributed by atoms with Crippen LogP contribution in [0.1, 0.15) is 44.9 Å². The maximum absolute atomic E-state index is 12.0. The number of hydrogen-bond donors (Lipinski definition) is 2. The number of aliphatic carboxylic acids is 1. The van der Waals surface area contributed by atoms with E-state index >= 15 is 0 Å². The van der Waals surface area contributed by atoms with Crippen LogP contribution in [-0.4, -0.2) is 31.3 Å². The summed E-state index contributed by atoms with van der Waals surface area (Å²) < 4.78 is 26.7. The largest absolute Gasteiger partial charge is 0.481 e. The molecule has 2 aliphatic rings. The quantitative estimate of drug-likeness (QED) is 0.793. The third-order valence-electron chi connectivity index (χ3n) is 4.26. The van der Waals surface area contributed by atoms with E-state index in [0.29, 0.717) is 6.42 Å². The monoisotopic (exact) mass is 275 g/mol. The summed E-state index contributed by atoms with van der Waals surface area (Å²) in [5, 5.41) is 8.79. The van der Waals surface area contributed by atoms with Crippen LogP contribution < -0.4 is 4.72 Å². The van der Waals surface area contributed by atoms with Crippen LogP contribution in [0.4, 0.5) is 0 Å². The van der Waals surface area contributed by atoms with Gasteiger partial charge in [-0.1, -0.05) is 19.3 Å². The first-order chi connectivity index (χ1) is 8.50. The maximum atomic E-state index is 12.0. The summed E-state index contributed by atoms with van der Waals surface area (Å²) in [5.74, 6) is -1.22. The van der Waals surface area contributed by atoms with E-state index in [-0.39, 0.29) is 23.6 Å². The lowest BCUT2D eigenvalue weighted by Gasteiger charge is -2.18. The number of carboxylic acid groups (broad SMARTS) is 1. The van der Waals surface area contributed by atoms with Gasteiger partial charge in [-0.25, -0.2) is 13.1 Å². The highest BCUT2D eigenvalue weighted by molar-refractivity contribution is 7.90. The van der Waals surface area contributed by atoms with Crippen molar-refractivity contribution in [3.63, 3.8) is 0 Å². The summed E-state index contributed by atoms with van der Waals surface area (Å²) in [7, 11) is -3.24. The van der Waals surface area contributed by atoms with E-state index in [1.54, 1.807) is 0 Å². The van der Waals surface area contributed by atoms with Gasteiger partial charge in [0.25, 0.3) is 0 Å². The molecule has 0 saturated heterocycles. The van der Waals surface area contributed by atoms with Gasteiger partial charge in [-0.2, -0.15) is 0 Å². The van der Waals surface area contributed by atoms with E-state index in [0.717, 1.165) is 38.5 Å². The lowest BCUT2D eigenvalue weighted by atomic mass is 9.97. The van der Waals surface area contributed by atoms with Gasteiger partial charge in [-0.3, -0.25) is 4.79 Å². The molecule has 0 spiro atoms. The van der Waals surface area contributed by atoms with Gasteiger partial charge in [0.2, 0.25) is 10.0 Å². The fraction of sp³-hybridized carbons (Fsp3) is 0.917. The number of nitrogens with one attached hydrogen (secondary N) is 1. The zero-order chi connectivity index (χ0) is 13.2. The second kappa shape index (κ2) is 5.57. The molecule has 0 aromatic rings. The SMILES string of the molecule is O=C(O)C1CCCC1CNS(=O)(=O)C1CCCC1. The van der Waals surface area contributed by atoms with Gasteiger partial charge < -0.3 is 5.11 Å². The summed E-state index contributed by atoms with van der Waals surface area (Å²) in [6.07, 6.45) is 5.80. The first-order valence-corrected chi connectivity index (χ1v) is 8.26. The third-order valence-corrected chi connectivity index (χ3v) is 6.18. The molecule has 0 heterocycles. The zero-order valence-corrected chi connectivity index (χ0v) is 11.3. The second-order valence-electron chi connectivity index (χ2n) is 5.44. The van der Waals surface area contributed by atoms with Crippen molar-refractivity contribution < 1.29 is 18.3 Å². The molecule has 0 radical (unpaired) electrons. The van der Waals surface area contributed by atoms with Crippen LogP contribution in [0.5, 0.6) is 0 Å². The lowest BCUT2D eigenvalue weighted by Crippen LogP contribution is -2.37. The average Bonchev–Trinajstić information content (AvgIpc) is 2.97. The molecule has 18 heavy (non-hydrogen) atoms. The van der Waals surface area contributed by atoms with Gasteiger partial charge in [0, 0.05) is 6.54 Å². The molecule has 2 fully saturated rings. The van der Waals surface area contributed by atoms with Gasteiger partial charge in [0.1, 0.15) is 0 Å². The Kier molecular flexibility index (Phi) is 4.27. The minimum atomic E-state index is -3.24. The molecule has 2 aliphatic carbocycles. The highest BCUT2D eigenvalue weighted by Crippen LogP contribution is 2.32. The van der Waals surface area contributed by atoms with Crippen LogP contribution in [-0.2, 0) is 14.8 Å². The molecule has 2 unspecified atom stereocenters. The molecule has 104 valence electrons. The molecule has 2 N–H and O–H groups in total. The Bertz CT molecular complexity index is 400. The van der Waals surface area contributed by atoms with Crippen molar-refractivity contribution in [2.45, 2.75) is 50.2 Å². The number of carboxylic acids is 1. The Morgan fingerprint density at radius 3 is 2.39 bits per heavy atom. The highest BCUT2D eigenvalue weighted by atomic mass is 32.2. The fourth-order valence-corrected chi connectivity index (χ4v) is 4.78. The molecule has 2 atom stereocenters. The van der Waals surface area contributed by atoms with Crippen LogP contribution in [0.2, 0.25) is 0 Å². The van der Waals surface area contributed by atoms with E-state index in [9.17, 15) is 13.2 Å². The number of sulfonamides is 1. The molecule has 5 nitrogen and oxygen atoms in total. The molecule has 2 rings (SSSR count). The number of carbonyl (C=O) groups is 1. The van der Waals surface area contributed by atoms with Crippen LogP contribution >= 0.6 is 0 Å². The van der Waals surface area contributed by atoms with Crippen LogP contribution in [0.3, 0.4) is 0 Å². The molecular weight excluding hydrogens is 254 g/mol. The Balaban J connectivity index is 1.89. The van der Waals surface area contributed by atoms with Crippen molar-refractivity contribution >= 4 is 16.0 Å². The number of rotatable bonds is 5. The predicted molar refractivity (Wildman–Crippen MR) is 67.6 cm³/mol. The van der Waals surface area contributed by atoms with Crippen molar-refractivity contribution in [1.29, 1.82) is 0 Å². The van der Waals surface area contributed by atoms with E-state index in [1.807, 2.05) is 0 Å². The predicted octanol–water partition coefficient (Wildman–Crippen LogP) is 1.35. The van der Waals surface area contributed by atoms with Crippen molar-refractivity contribution in [1.82, 2.24) is 4.72 Å². The van der Waals surface area contributed by atoms with Crippen LogP contribution in [0, 0.1) is 11.8 Å². The Labute approximate surface area is 108 Å². The lowest BCUT2D eigenvalue weighted by molar-refractivity contribution is -0.142. The molecule has 0 aromatic heterocycles. The van der Waals surface area contributed by atoms with Gasteiger partial charge >= 0.3 is 5.97 Å². The van der Waals surface area contributed by atoms with E-state index in [1.165, 1.54) is 0 Å². The summed E-state index contributed by atoms with van der Waals surface area (Å²) in [6, 6.07) is 0. The molecule has 6 heteroatoms. The van der Waals surface area contributed by atoms with Crippen molar-refractivity contribution in [3.8, 4) is 0 Å². The minimum absolute atomic E-state index is 0.0429. The smallest absolute Gasteiger partial charge is 0.306 e. The first-order valence-electron chi connectivity index (χ1n) is 6.72. The zero-order valence-electron chi connectivity index (χ0n) is 10.5. The highest BCUT2D eigenvalue weighted by Gasteiger charge is 2.35. The molecule has 0 aromatic carbocycles. The topological polar surface area (TPSA) is 83.5 Å². The standard InChI is InChI=1S/C12H21NO4S/c14-12(15)11-7-3-4-9(11)8-13-18(16,17)10-5-1-2-6-10/h9-11,13H,1-8H2,(H,14,15). The van der Waals surface area contributed by atoms with E-state index in [4.69, 9.17) is 5.11 Å². The Morgan fingerprint density at radius 2 is 1.78 bits per heavy atom. The van der Waals surface area contributed by atoms with Crippen molar-refractivity contribution in [2.75, 3.05) is 6.54 Å². The van der Waals surface area contributed by atoms with Gasteiger partial charge in [-0.15, -0.1) is 0 Å². The minimum Gasteiger partial charge on any atom is -0.481 e. The van der Waals surface area contributed by atoms with Crippen LogP contribution in [0.15, 0.2) is 0 Å². The van der Waals surface area contributed by atoms with Crippen LogP contribution in [0.25, 0.3) is 0 Å². The first kappa shape index (κ1) is 13.8. The normalized spacial score (nSPS) is 29.8. The average molecular weight is 275 g/mol. The summed E-state index contributed by atoms with van der Waals surface area (Å²) in [5.41, 5.74) is 0. The molecule has 0 aliphatic heterocycles. The third kappa shape index (κ3) is 3.03. The van der Waals surface area contributed by atoms with Gasteiger partial charge in [0.05, 0.1) is 11.2 Å². The molecule has 2 saturated carbocycles. The summed E-state index contributed by atoms with van der Waals surface area (Å²) in [6.45, 7) is 0.288.